The van der Waals surface area contributed by atoms with E-state index < -0.39 is 0 Å². The molecule has 4 aliphatic carbocycles. The van der Waals surface area contributed by atoms with Crippen LogP contribution in [0.5, 0.6) is 0 Å². The van der Waals surface area contributed by atoms with Gasteiger partial charge in [0.05, 0.1) is 0 Å². The Morgan fingerprint density at radius 1 is 0.960 bits per heavy atom. The van der Waals surface area contributed by atoms with Crippen molar-refractivity contribution in [3.8, 4) is 0 Å². The van der Waals surface area contributed by atoms with Crippen molar-refractivity contribution in [2.24, 2.45) is 40.4 Å². The smallest absolute Gasteiger partial charge is 0.136 e. The molecule has 0 bridgehead atoms. The molecule has 142 valence electrons. The van der Waals surface area contributed by atoms with Crippen molar-refractivity contribution in [1.29, 1.82) is 0 Å². The number of carbonyl (C=O) groups excluding carboxylic acids is 2. The second kappa shape index (κ2) is 7.16. The van der Waals surface area contributed by atoms with Crippen LogP contribution in [-0.4, -0.2) is 12.1 Å². The Labute approximate surface area is 154 Å². The molecule has 25 heavy (non-hydrogen) atoms. The maximum absolute atomic E-state index is 13.1. The predicted octanol–water partition coefficient (Wildman–Crippen LogP) is 5.83. The van der Waals surface area contributed by atoms with Gasteiger partial charge < -0.3 is 4.79 Å². The summed E-state index contributed by atoms with van der Waals surface area (Å²) in [5.74, 6) is 3.25. The summed E-state index contributed by atoms with van der Waals surface area (Å²) < 4.78 is 0. The van der Waals surface area contributed by atoms with E-state index in [0.29, 0.717) is 47.2 Å². The lowest BCUT2D eigenvalue weighted by Crippen LogP contribution is -2.56. The fourth-order valence-corrected chi connectivity index (χ4v) is 7.57. The molecule has 0 aromatic rings. The molecular weight excluding hydrogens is 308 g/mol. The van der Waals surface area contributed by atoms with Gasteiger partial charge in [-0.2, -0.15) is 0 Å². The highest BCUT2D eigenvalue weighted by molar-refractivity contribution is 5.83. The number of hydrogen-bond donors (Lipinski definition) is 0. The zero-order valence-electron chi connectivity index (χ0n) is 16.9. The van der Waals surface area contributed by atoms with Gasteiger partial charge in [0.2, 0.25) is 0 Å². The number of aldehydes is 1. The van der Waals surface area contributed by atoms with E-state index in [-0.39, 0.29) is 5.41 Å². The zero-order chi connectivity index (χ0) is 18.2. The summed E-state index contributed by atoms with van der Waals surface area (Å²) in [4.78, 5) is 24.2. The van der Waals surface area contributed by atoms with Crippen molar-refractivity contribution in [2.45, 2.75) is 91.9 Å². The van der Waals surface area contributed by atoms with Crippen molar-refractivity contribution in [3.63, 3.8) is 0 Å². The van der Waals surface area contributed by atoms with Crippen molar-refractivity contribution >= 4 is 12.1 Å². The number of carbonyl (C=O) groups is 2. The molecule has 0 heterocycles. The SMILES string of the molecule is CC.CC12CCCCC1CC(=O)C1C2CCC2(C)C1CC[C@@H]2CC=O. The van der Waals surface area contributed by atoms with Crippen LogP contribution in [0.25, 0.3) is 0 Å². The lowest BCUT2D eigenvalue weighted by Gasteiger charge is -2.59. The first-order valence-electron chi connectivity index (χ1n) is 11.0. The molecule has 2 nitrogen and oxygen atoms in total. The molecule has 6 unspecified atom stereocenters. The second-order valence-corrected chi connectivity index (χ2v) is 9.58. The standard InChI is InChI=1S/C21H32O2.C2H6/c1-20-10-4-3-5-15(20)13-18(23)19-16-7-6-14(9-12-22)21(16,2)11-8-17(19)20;1-2/h12,14-17,19H,3-11,13H2,1-2H3;1-2H3/t14-,15?,16?,17?,19?,20?,21?;/m1./s1. The van der Waals surface area contributed by atoms with Crippen LogP contribution in [0.3, 0.4) is 0 Å². The first-order valence-corrected chi connectivity index (χ1v) is 11.0. The fourth-order valence-electron chi connectivity index (χ4n) is 7.57. The van der Waals surface area contributed by atoms with E-state index in [1.807, 2.05) is 13.8 Å². The van der Waals surface area contributed by atoms with Crippen LogP contribution in [-0.2, 0) is 9.59 Å². The Balaban J connectivity index is 0.000000880. The second-order valence-electron chi connectivity index (χ2n) is 9.58. The molecule has 7 atom stereocenters. The topological polar surface area (TPSA) is 34.1 Å². The fraction of sp³-hybridized carbons (Fsp3) is 0.913. The van der Waals surface area contributed by atoms with E-state index in [1.54, 1.807) is 0 Å². The number of ketones is 1. The van der Waals surface area contributed by atoms with Gasteiger partial charge in [0.15, 0.2) is 0 Å². The molecular formula is C23H38O2. The molecule has 0 saturated heterocycles. The summed E-state index contributed by atoms with van der Waals surface area (Å²) in [5, 5.41) is 0. The molecule has 0 aromatic carbocycles. The van der Waals surface area contributed by atoms with Gasteiger partial charge in [0.25, 0.3) is 0 Å². The Morgan fingerprint density at radius 3 is 2.40 bits per heavy atom. The summed E-state index contributed by atoms with van der Waals surface area (Å²) in [6.07, 6.45) is 12.8. The van der Waals surface area contributed by atoms with E-state index in [1.165, 1.54) is 44.9 Å². The van der Waals surface area contributed by atoms with Crippen molar-refractivity contribution < 1.29 is 9.59 Å². The third kappa shape index (κ3) is 2.82. The molecule has 4 saturated carbocycles. The zero-order valence-corrected chi connectivity index (χ0v) is 16.9. The minimum atomic E-state index is 0.246. The number of hydrogen-bond acceptors (Lipinski definition) is 2. The van der Waals surface area contributed by atoms with Crippen LogP contribution in [0.15, 0.2) is 0 Å². The normalized spacial score (nSPS) is 48.5. The molecule has 0 radical (unpaired) electrons. The molecule has 0 N–H and O–H groups in total. The summed E-state index contributed by atoms with van der Waals surface area (Å²) in [5.41, 5.74) is 0.663. The van der Waals surface area contributed by atoms with E-state index in [4.69, 9.17) is 0 Å². The lowest BCUT2D eigenvalue weighted by atomic mass is 9.44. The van der Waals surface area contributed by atoms with Crippen LogP contribution in [0.4, 0.5) is 0 Å². The highest BCUT2D eigenvalue weighted by atomic mass is 16.1. The Hall–Kier alpha value is -0.660. The Bertz CT molecular complexity index is 512. The van der Waals surface area contributed by atoms with E-state index in [2.05, 4.69) is 13.8 Å². The maximum Gasteiger partial charge on any atom is 0.136 e. The van der Waals surface area contributed by atoms with E-state index in [9.17, 15) is 9.59 Å². The molecule has 0 aliphatic heterocycles. The molecule has 4 fully saturated rings. The van der Waals surface area contributed by atoms with Crippen molar-refractivity contribution in [3.05, 3.63) is 0 Å². The van der Waals surface area contributed by atoms with Gasteiger partial charge in [-0.1, -0.05) is 40.5 Å². The molecule has 4 aliphatic rings. The third-order valence-electron chi connectivity index (χ3n) is 8.96. The highest BCUT2D eigenvalue weighted by Gasteiger charge is 2.61. The van der Waals surface area contributed by atoms with Crippen LogP contribution < -0.4 is 0 Å². The predicted molar refractivity (Wildman–Crippen MR) is 102 cm³/mol. The first-order chi connectivity index (χ1) is 12.0. The van der Waals surface area contributed by atoms with Gasteiger partial charge in [0, 0.05) is 18.8 Å². The van der Waals surface area contributed by atoms with E-state index >= 15 is 0 Å². The Kier molecular flexibility index (Phi) is 5.47. The monoisotopic (exact) mass is 346 g/mol. The average molecular weight is 347 g/mol. The van der Waals surface area contributed by atoms with Crippen LogP contribution in [0.1, 0.15) is 91.9 Å². The molecule has 4 rings (SSSR count). The number of rotatable bonds is 2. The van der Waals surface area contributed by atoms with Gasteiger partial charge in [-0.15, -0.1) is 0 Å². The lowest BCUT2D eigenvalue weighted by molar-refractivity contribution is -0.155. The molecule has 0 spiro atoms. The van der Waals surface area contributed by atoms with Crippen molar-refractivity contribution in [2.75, 3.05) is 0 Å². The van der Waals surface area contributed by atoms with Gasteiger partial charge in [-0.3, -0.25) is 4.79 Å². The molecule has 2 heteroatoms. The van der Waals surface area contributed by atoms with Crippen molar-refractivity contribution in [1.82, 2.24) is 0 Å². The van der Waals surface area contributed by atoms with Gasteiger partial charge >= 0.3 is 0 Å². The first kappa shape index (κ1) is 19.1. The van der Waals surface area contributed by atoms with Gasteiger partial charge in [0.1, 0.15) is 12.1 Å². The van der Waals surface area contributed by atoms with Gasteiger partial charge in [-0.05, 0) is 73.0 Å². The van der Waals surface area contributed by atoms with Crippen LogP contribution >= 0.6 is 0 Å². The van der Waals surface area contributed by atoms with Crippen LogP contribution in [0, 0.1) is 40.4 Å². The number of fused-ring (bicyclic) bond motifs is 5. The average Bonchev–Trinajstić information content (AvgIpc) is 2.94. The minimum absolute atomic E-state index is 0.246. The number of Topliss-reactive ketones (excluding diaryl/α,β-unsaturated/α-hetero) is 1. The highest BCUT2D eigenvalue weighted by Crippen LogP contribution is 2.66. The third-order valence-corrected chi connectivity index (χ3v) is 8.96. The van der Waals surface area contributed by atoms with Crippen LogP contribution in [0.2, 0.25) is 0 Å². The summed E-state index contributed by atoms with van der Waals surface area (Å²) in [6.45, 7) is 8.92. The van der Waals surface area contributed by atoms with Gasteiger partial charge in [-0.25, -0.2) is 0 Å². The summed E-state index contributed by atoms with van der Waals surface area (Å²) in [7, 11) is 0. The maximum atomic E-state index is 13.1. The largest absolute Gasteiger partial charge is 0.303 e. The summed E-state index contributed by atoms with van der Waals surface area (Å²) >= 11 is 0. The quantitative estimate of drug-likeness (QED) is 0.589. The summed E-state index contributed by atoms with van der Waals surface area (Å²) in [6, 6.07) is 0. The van der Waals surface area contributed by atoms with E-state index in [0.717, 1.165) is 19.1 Å². The molecule has 0 amide bonds. The minimum Gasteiger partial charge on any atom is -0.303 e. The molecule has 0 aromatic heterocycles. The Morgan fingerprint density at radius 2 is 1.68 bits per heavy atom.